The molecule has 0 spiro atoms. The van der Waals surface area contributed by atoms with Gasteiger partial charge in [0.25, 0.3) is 0 Å². The van der Waals surface area contributed by atoms with E-state index in [1.165, 1.54) is 24.9 Å². The summed E-state index contributed by atoms with van der Waals surface area (Å²) in [7, 11) is 0. The Balaban J connectivity index is 1.56. The number of para-hydroxylation sites is 1. The van der Waals surface area contributed by atoms with Crippen molar-refractivity contribution in [2.45, 2.75) is 32.2 Å². The van der Waals surface area contributed by atoms with E-state index in [4.69, 9.17) is 4.74 Å². The maximum absolute atomic E-state index is 5.79. The van der Waals surface area contributed by atoms with Gasteiger partial charge in [0.05, 0.1) is 0 Å². The van der Waals surface area contributed by atoms with Gasteiger partial charge in [0.2, 0.25) is 0 Å². The topological polar surface area (TPSA) is 21.3 Å². The van der Waals surface area contributed by atoms with E-state index in [0.717, 1.165) is 17.4 Å². The van der Waals surface area contributed by atoms with E-state index >= 15 is 0 Å². The van der Waals surface area contributed by atoms with Gasteiger partial charge in [0.1, 0.15) is 11.5 Å². The van der Waals surface area contributed by atoms with Crippen LogP contribution in [0.1, 0.15) is 26.2 Å². The molecule has 1 N–H and O–H groups in total. The van der Waals surface area contributed by atoms with Crippen LogP contribution in [0.4, 0.5) is 5.69 Å². The predicted octanol–water partition coefficient (Wildman–Crippen LogP) is 5.08. The van der Waals surface area contributed by atoms with Crippen LogP contribution in [0.3, 0.4) is 0 Å². The molecular formula is C18H21NO. The van der Waals surface area contributed by atoms with E-state index in [0.29, 0.717) is 6.04 Å². The first-order valence-corrected chi connectivity index (χ1v) is 7.39. The summed E-state index contributed by atoms with van der Waals surface area (Å²) in [5.41, 5.74) is 1.17. The molecule has 0 radical (unpaired) electrons. The van der Waals surface area contributed by atoms with Gasteiger partial charge in [-0.2, -0.15) is 0 Å². The average molecular weight is 267 g/mol. The molecule has 0 saturated heterocycles. The van der Waals surface area contributed by atoms with Crippen molar-refractivity contribution in [1.82, 2.24) is 0 Å². The van der Waals surface area contributed by atoms with Crippen molar-refractivity contribution in [1.29, 1.82) is 0 Å². The van der Waals surface area contributed by atoms with Gasteiger partial charge in [-0.05, 0) is 55.7 Å². The first-order valence-electron chi connectivity index (χ1n) is 7.39. The number of anilines is 1. The summed E-state index contributed by atoms with van der Waals surface area (Å²) >= 11 is 0. The summed E-state index contributed by atoms with van der Waals surface area (Å²) < 4.78 is 5.79. The van der Waals surface area contributed by atoms with Crippen LogP contribution in [-0.4, -0.2) is 6.04 Å². The Kier molecular flexibility index (Phi) is 3.91. The minimum atomic E-state index is 0.545. The Morgan fingerprint density at radius 1 is 1.00 bits per heavy atom. The Bertz CT molecular complexity index is 531. The van der Waals surface area contributed by atoms with Crippen LogP contribution in [0.25, 0.3) is 0 Å². The van der Waals surface area contributed by atoms with Crippen molar-refractivity contribution in [2.24, 2.45) is 5.92 Å². The molecule has 0 amide bonds. The second-order valence-electron chi connectivity index (χ2n) is 5.66. The summed E-state index contributed by atoms with van der Waals surface area (Å²) in [4.78, 5) is 0. The summed E-state index contributed by atoms with van der Waals surface area (Å²) in [5, 5.41) is 3.55. The molecule has 0 aliphatic heterocycles. The van der Waals surface area contributed by atoms with E-state index in [1.54, 1.807) is 0 Å². The van der Waals surface area contributed by atoms with Crippen LogP contribution in [0.5, 0.6) is 11.5 Å². The van der Waals surface area contributed by atoms with Crippen LogP contribution in [0, 0.1) is 5.92 Å². The van der Waals surface area contributed by atoms with Gasteiger partial charge in [0.15, 0.2) is 0 Å². The molecule has 1 atom stereocenters. The maximum atomic E-state index is 5.79. The minimum Gasteiger partial charge on any atom is -0.457 e. The van der Waals surface area contributed by atoms with Crippen LogP contribution in [-0.2, 0) is 0 Å². The highest BCUT2D eigenvalue weighted by atomic mass is 16.5. The lowest BCUT2D eigenvalue weighted by Gasteiger charge is -2.15. The molecule has 0 heterocycles. The SMILES string of the molecule is CC(CC1CC1)Nc1ccc(Oc2ccccc2)cc1. The molecule has 3 rings (SSSR count). The molecule has 2 aromatic rings. The molecule has 2 aromatic carbocycles. The first-order chi connectivity index (χ1) is 9.79. The van der Waals surface area contributed by atoms with Crippen molar-refractivity contribution in [3.8, 4) is 11.5 Å². The van der Waals surface area contributed by atoms with Gasteiger partial charge in [-0.1, -0.05) is 31.0 Å². The smallest absolute Gasteiger partial charge is 0.127 e. The summed E-state index contributed by atoms with van der Waals surface area (Å²) in [5.74, 6) is 2.70. The standard InChI is InChI=1S/C18H21NO/c1-14(13-15-7-8-15)19-16-9-11-18(12-10-16)20-17-5-3-2-4-6-17/h2-6,9-12,14-15,19H,7-8,13H2,1H3. The molecule has 1 aliphatic carbocycles. The lowest BCUT2D eigenvalue weighted by atomic mass is 10.1. The zero-order chi connectivity index (χ0) is 13.8. The molecule has 0 bridgehead atoms. The van der Waals surface area contributed by atoms with E-state index in [2.05, 4.69) is 24.4 Å². The molecule has 1 aliphatic rings. The predicted molar refractivity (Wildman–Crippen MR) is 83.4 cm³/mol. The fourth-order valence-electron chi connectivity index (χ4n) is 2.44. The molecule has 0 aromatic heterocycles. The largest absolute Gasteiger partial charge is 0.457 e. The normalized spacial score (nSPS) is 15.7. The third-order valence-electron chi connectivity index (χ3n) is 3.63. The second-order valence-corrected chi connectivity index (χ2v) is 5.66. The van der Waals surface area contributed by atoms with Crippen molar-refractivity contribution in [2.75, 3.05) is 5.32 Å². The maximum Gasteiger partial charge on any atom is 0.127 e. The monoisotopic (exact) mass is 267 g/mol. The van der Waals surface area contributed by atoms with E-state index < -0.39 is 0 Å². The van der Waals surface area contributed by atoms with Crippen molar-refractivity contribution in [3.05, 3.63) is 54.6 Å². The van der Waals surface area contributed by atoms with Crippen LogP contribution in [0.2, 0.25) is 0 Å². The lowest BCUT2D eigenvalue weighted by molar-refractivity contribution is 0.482. The minimum absolute atomic E-state index is 0.545. The molecule has 1 saturated carbocycles. The fourth-order valence-corrected chi connectivity index (χ4v) is 2.44. The summed E-state index contributed by atoms with van der Waals surface area (Å²) in [6.07, 6.45) is 4.11. The molecule has 1 unspecified atom stereocenters. The average Bonchev–Trinajstić information content (AvgIpc) is 3.26. The zero-order valence-corrected chi connectivity index (χ0v) is 11.9. The number of rotatable bonds is 6. The van der Waals surface area contributed by atoms with Gasteiger partial charge in [0, 0.05) is 11.7 Å². The Morgan fingerprint density at radius 2 is 1.65 bits per heavy atom. The summed E-state index contributed by atoms with van der Waals surface area (Å²) in [6, 6.07) is 18.6. The van der Waals surface area contributed by atoms with Gasteiger partial charge in [-0.3, -0.25) is 0 Å². The number of hydrogen-bond donors (Lipinski definition) is 1. The molecular weight excluding hydrogens is 246 g/mol. The molecule has 20 heavy (non-hydrogen) atoms. The van der Waals surface area contributed by atoms with Crippen LogP contribution in [0.15, 0.2) is 54.6 Å². The van der Waals surface area contributed by atoms with Gasteiger partial charge in [-0.15, -0.1) is 0 Å². The third kappa shape index (κ3) is 3.77. The number of nitrogens with one attached hydrogen (secondary N) is 1. The first kappa shape index (κ1) is 13.0. The molecule has 2 nitrogen and oxygen atoms in total. The highest BCUT2D eigenvalue weighted by molar-refractivity contribution is 5.47. The van der Waals surface area contributed by atoms with E-state index in [1.807, 2.05) is 42.5 Å². The third-order valence-corrected chi connectivity index (χ3v) is 3.63. The molecule has 104 valence electrons. The Morgan fingerprint density at radius 3 is 2.30 bits per heavy atom. The van der Waals surface area contributed by atoms with Gasteiger partial charge < -0.3 is 10.1 Å². The van der Waals surface area contributed by atoms with E-state index in [9.17, 15) is 0 Å². The highest BCUT2D eigenvalue weighted by Crippen LogP contribution is 2.34. The number of hydrogen-bond acceptors (Lipinski definition) is 2. The van der Waals surface area contributed by atoms with Crippen molar-refractivity contribution < 1.29 is 4.74 Å². The number of benzene rings is 2. The highest BCUT2D eigenvalue weighted by Gasteiger charge is 2.23. The lowest BCUT2D eigenvalue weighted by Crippen LogP contribution is -2.15. The zero-order valence-electron chi connectivity index (χ0n) is 11.9. The van der Waals surface area contributed by atoms with Crippen molar-refractivity contribution in [3.63, 3.8) is 0 Å². The van der Waals surface area contributed by atoms with Crippen LogP contribution >= 0.6 is 0 Å². The Labute approximate surface area is 120 Å². The van der Waals surface area contributed by atoms with E-state index in [-0.39, 0.29) is 0 Å². The Hall–Kier alpha value is -1.96. The van der Waals surface area contributed by atoms with Crippen molar-refractivity contribution >= 4 is 5.69 Å². The van der Waals surface area contributed by atoms with Crippen LogP contribution < -0.4 is 10.1 Å². The molecule has 2 heteroatoms. The summed E-state index contributed by atoms with van der Waals surface area (Å²) in [6.45, 7) is 2.26. The fraction of sp³-hybridized carbons (Fsp3) is 0.333. The van der Waals surface area contributed by atoms with Gasteiger partial charge in [-0.25, -0.2) is 0 Å². The quantitative estimate of drug-likeness (QED) is 0.788. The second kappa shape index (κ2) is 6.00. The van der Waals surface area contributed by atoms with Gasteiger partial charge >= 0.3 is 0 Å². The molecule has 1 fully saturated rings. The number of ether oxygens (including phenoxy) is 1.